The zero-order chi connectivity index (χ0) is 16.0. The Kier molecular flexibility index (Phi) is 6.29. The maximum atomic E-state index is 13.2. The van der Waals surface area contributed by atoms with Gasteiger partial charge in [0, 0.05) is 11.6 Å². The van der Waals surface area contributed by atoms with Crippen molar-refractivity contribution >= 4 is 27.8 Å². The van der Waals surface area contributed by atoms with Gasteiger partial charge in [-0.25, -0.2) is 4.39 Å². The minimum Gasteiger partial charge on any atom is -0.481 e. The minimum absolute atomic E-state index is 0.0583. The first kappa shape index (κ1) is 17.6. The zero-order valence-electron chi connectivity index (χ0n) is 11.8. The fourth-order valence-corrected chi connectivity index (χ4v) is 2.40. The van der Waals surface area contributed by atoms with Gasteiger partial charge in [0.1, 0.15) is 5.82 Å². The third-order valence-electron chi connectivity index (χ3n) is 2.80. The number of carbonyl (C=O) groups excluding carboxylic acids is 1. The SMILES string of the molecule is COCC(C)(CC(=O)O)NC(=O)Cc1cc(F)ccc1Br. The number of halogens is 2. The van der Waals surface area contributed by atoms with E-state index < -0.39 is 23.2 Å². The number of aliphatic carboxylic acids is 1. The lowest BCUT2D eigenvalue weighted by Gasteiger charge is -2.28. The summed E-state index contributed by atoms with van der Waals surface area (Å²) in [5.74, 6) is -1.88. The van der Waals surface area contributed by atoms with Crippen molar-refractivity contribution in [3.63, 3.8) is 0 Å². The highest BCUT2D eigenvalue weighted by Gasteiger charge is 2.29. The Balaban J connectivity index is 2.78. The van der Waals surface area contributed by atoms with Gasteiger partial charge in [-0.2, -0.15) is 0 Å². The fraction of sp³-hybridized carbons (Fsp3) is 0.429. The first-order valence-corrected chi connectivity index (χ1v) is 7.01. The molecular weight excluding hydrogens is 345 g/mol. The van der Waals surface area contributed by atoms with Crippen LogP contribution in [0.2, 0.25) is 0 Å². The lowest BCUT2D eigenvalue weighted by Crippen LogP contribution is -2.51. The largest absolute Gasteiger partial charge is 0.481 e. The van der Waals surface area contributed by atoms with Gasteiger partial charge in [-0.05, 0) is 30.7 Å². The van der Waals surface area contributed by atoms with Crippen LogP contribution >= 0.6 is 15.9 Å². The molecule has 116 valence electrons. The van der Waals surface area contributed by atoms with E-state index in [-0.39, 0.29) is 19.4 Å². The van der Waals surface area contributed by atoms with E-state index >= 15 is 0 Å². The van der Waals surface area contributed by atoms with Crippen LogP contribution in [0.25, 0.3) is 0 Å². The number of nitrogens with one attached hydrogen (secondary N) is 1. The lowest BCUT2D eigenvalue weighted by atomic mass is 9.98. The molecule has 5 nitrogen and oxygen atoms in total. The van der Waals surface area contributed by atoms with Crippen LogP contribution in [-0.2, 0) is 20.7 Å². The summed E-state index contributed by atoms with van der Waals surface area (Å²) in [5.41, 5.74) is -0.528. The van der Waals surface area contributed by atoms with Crippen molar-refractivity contribution in [1.82, 2.24) is 5.32 Å². The van der Waals surface area contributed by atoms with Gasteiger partial charge in [0.15, 0.2) is 0 Å². The van der Waals surface area contributed by atoms with Gasteiger partial charge < -0.3 is 15.2 Å². The lowest BCUT2D eigenvalue weighted by molar-refractivity contribution is -0.139. The summed E-state index contributed by atoms with van der Waals surface area (Å²) < 4.78 is 18.7. The molecule has 0 aliphatic heterocycles. The second kappa shape index (κ2) is 7.51. The standard InChI is InChI=1S/C14H17BrFNO4/c1-14(8-21-2,7-13(19)20)17-12(18)6-9-5-10(16)3-4-11(9)15/h3-5H,6-8H2,1-2H3,(H,17,18)(H,19,20). The number of rotatable bonds is 7. The van der Waals surface area contributed by atoms with E-state index in [1.165, 1.54) is 25.3 Å². The van der Waals surface area contributed by atoms with Crippen molar-refractivity contribution < 1.29 is 23.8 Å². The molecule has 0 heterocycles. The van der Waals surface area contributed by atoms with E-state index in [0.29, 0.717) is 10.0 Å². The summed E-state index contributed by atoms with van der Waals surface area (Å²) in [5, 5.41) is 11.5. The Morgan fingerprint density at radius 2 is 2.14 bits per heavy atom. The number of methoxy groups -OCH3 is 1. The van der Waals surface area contributed by atoms with Crippen LogP contribution < -0.4 is 5.32 Å². The Labute approximate surface area is 130 Å². The first-order valence-electron chi connectivity index (χ1n) is 6.21. The smallest absolute Gasteiger partial charge is 0.305 e. The Bertz CT molecular complexity index is 538. The number of hydrogen-bond donors (Lipinski definition) is 2. The maximum Gasteiger partial charge on any atom is 0.305 e. The van der Waals surface area contributed by atoms with Crippen LogP contribution in [0.3, 0.4) is 0 Å². The normalized spacial score (nSPS) is 13.5. The average Bonchev–Trinajstić information content (AvgIpc) is 2.32. The van der Waals surface area contributed by atoms with Gasteiger partial charge in [0.2, 0.25) is 5.91 Å². The van der Waals surface area contributed by atoms with Crippen molar-refractivity contribution in [2.24, 2.45) is 0 Å². The molecule has 2 N–H and O–H groups in total. The summed E-state index contributed by atoms with van der Waals surface area (Å²) in [4.78, 5) is 22.9. The molecule has 1 amide bonds. The second-order valence-corrected chi connectivity index (χ2v) is 5.88. The van der Waals surface area contributed by atoms with Crippen molar-refractivity contribution in [1.29, 1.82) is 0 Å². The number of carboxylic acid groups (broad SMARTS) is 1. The number of amides is 1. The monoisotopic (exact) mass is 361 g/mol. The predicted molar refractivity (Wildman–Crippen MR) is 78.5 cm³/mol. The van der Waals surface area contributed by atoms with Gasteiger partial charge in [0.25, 0.3) is 0 Å². The van der Waals surface area contributed by atoms with Crippen molar-refractivity contribution in [2.45, 2.75) is 25.3 Å². The van der Waals surface area contributed by atoms with Crippen LogP contribution in [0.5, 0.6) is 0 Å². The summed E-state index contributed by atoms with van der Waals surface area (Å²) in [7, 11) is 1.43. The topological polar surface area (TPSA) is 75.6 Å². The van der Waals surface area contributed by atoms with Crippen LogP contribution in [0.1, 0.15) is 18.9 Å². The summed E-state index contributed by atoms with van der Waals surface area (Å²) >= 11 is 3.24. The van der Waals surface area contributed by atoms with Gasteiger partial charge in [-0.15, -0.1) is 0 Å². The Morgan fingerprint density at radius 1 is 1.48 bits per heavy atom. The molecule has 1 aromatic rings. The molecule has 0 bridgehead atoms. The van der Waals surface area contributed by atoms with Gasteiger partial charge in [-0.3, -0.25) is 9.59 Å². The van der Waals surface area contributed by atoms with Gasteiger partial charge >= 0.3 is 5.97 Å². The van der Waals surface area contributed by atoms with Crippen LogP contribution in [-0.4, -0.2) is 36.2 Å². The van der Waals surface area contributed by atoms with E-state index in [1.807, 2.05) is 0 Å². The molecule has 0 radical (unpaired) electrons. The minimum atomic E-state index is -1.04. The fourth-order valence-electron chi connectivity index (χ4n) is 2.02. The van der Waals surface area contributed by atoms with Crippen LogP contribution in [0.15, 0.2) is 22.7 Å². The van der Waals surface area contributed by atoms with E-state index in [9.17, 15) is 14.0 Å². The molecule has 0 saturated heterocycles. The van der Waals surface area contributed by atoms with Crippen LogP contribution in [0.4, 0.5) is 4.39 Å². The molecule has 7 heteroatoms. The van der Waals surface area contributed by atoms with E-state index in [4.69, 9.17) is 9.84 Å². The molecule has 21 heavy (non-hydrogen) atoms. The Hall–Kier alpha value is -1.47. The molecule has 1 atom stereocenters. The van der Waals surface area contributed by atoms with Crippen molar-refractivity contribution in [3.05, 3.63) is 34.1 Å². The number of hydrogen-bond acceptors (Lipinski definition) is 3. The molecule has 0 spiro atoms. The summed E-state index contributed by atoms with van der Waals surface area (Å²) in [6.45, 7) is 1.65. The highest BCUT2D eigenvalue weighted by molar-refractivity contribution is 9.10. The van der Waals surface area contributed by atoms with Crippen molar-refractivity contribution in [2.75, 3.05) is 13.7 Å². The van der Waals surface area contributed by atoms with Gasteiger partial charge in [-0.1, -0.05) is 15.9 Å². The molecule has 0 saturated carbocycles. The second-order valence-electron chi connectivity index (χ2n) is 5.02. The molecule has 1 aromatic carbocycles. The highest BCUT2D eigenvalue weighted by Crippen LogP contribution is 2.19. The van der Waals surface area contributed by atoms with E-state index in [0.717, 1.165) is 0 Å². The summed E-state index contributed by atoms with van der Waals surface area (Å²) in [6.07, 6.45) is -0.325. The van der Waals surface area contributed by atoms with Crippen molar-refractivity contribution in [3.8, 4) is 0 Å². The first-order chi connectivity index (χ1) is 9.75. The number of benzene rings is 1. The quantitative estimate of drug-likeness (QED) is 0.779. The molecule has 0 aliphatic carbocycles. The molecule has 0 aromatic heterocycles. The van der Waals surface area contributed by atoms with Gasteiger partial charge in [0.05, 0.1) is 25.0 Å². The molecule has 0 fully saturated rings. The number of ether oxygens (including phenoxy) is 1. The maximum absolute atomic E-state index is 13.2. The number of carboxylic acids is 1. The Morgan fingerprint density at radius 3 is 2.71 bits per heavy atom. The molecule has 0 aliphatic rings. The molecule has 1 unspecified atom stereocenters. The third kappa shape index (κ3) is 5.81. The predicted octanol–water partition coefficient (Wildman–Crippen LogP) is 2.13. The highest BCUT2D eigenvalue weighted by atomic mass is 79.9. The number of carbonyl (C=O) groups is 2. The van der Waals surface area contributed by atoms with E-state index in [1.54, 1.807) is 6.92 Å². The molecule has 1 rings (SSSR count). The van der Waals surface area contributed by atoms with Crippen LogP contribution in [0, 0.1) is 5.82 Å². The third-order valence-corrected chi connectivity index (χ3v) is 3.58. The average molecular weight is 362 g/mol. The zero-order valence-corrected chi connectivity index (χ0v) is 13.4. The molecular formula is C14H17BrFNO4. The van der Waals surface area contributed by atoms with E-state index in [2.05, 4.69) is 21.2 Å². The summed E-state index contributed by atoms with van der Waals surface area (Å²) in [6, 6.07) is 4.06.